The zero-order valence-electron chi connectivity index (χ0n) is 5.41. The van der Waals surface area contributed by atoms with E-state index in [2.05, 4.69) is 6.92 Å². The first-order valence-electron chi connectivity index (χ1n) is 3.67. The van der Waals surface area contributed by atoms with E-state index in [1.165, 1.54) is 6.42 Å². The van der Waals surface area contributed by atoms with Gasteiger partial charge in [-0.3, -0.25) is 0 Å². The van der Waals surface area contributed by atoms with Crippen LogP contribution in [0.3, 0.4) is 0 Å². The quantitative estimate of drug-likeness (QED) is 0.442. The van der Waals surface area contributed by atoms with Crippen molar-refractivity contribution in [3.8, 4) is 0 Å². The molecule has 0 spiro atoms. The molecule has 0 aliphatic carbocycles. The van der Waals surface area contributed by atoms with E-state index in [-0.39, 0.29) is 0 Å². The summed E-state index contributed by atoms with van der Waals surface area (Å²) in [4.78, 5) is 0. The summed E-state index contributed by atoms with van der Waals surface area (Å²) in [7, 11) is 0. The SMILES string of the molecule is C[C@@H]1C[C@H]2O[C@H]1[C@H]1O[C@@H]12. The molecule has 3 saturated heterocycles. The number of fused-ring (bicyclic) bond motifs is 5. The molecule has 3 heterocycles. The van der Waals surface area contributed by atoms with Gasteiger partial charge in [0.05, 0.1) is 12.2 Å². The van der Waals surface area contributed by atoms with E-state index in [1.807, 2.05) is 0 Å². The van der Waals surface area contributed by atoms with Gasteiger partial charge in [-0.1, -0.05) is 6.92 Å². The molecule has 0 aromatic heterocycles. The van der Waals surface area contributed by atoms with Crippen molar-refractivity contribution in [3.05, 3.63) is 0 Å². The predicted octanol–water partition coefficient (Wildman–Crippen LogP) is 0.561. The van der Waals surface area contributed by atoms with Gasteiger partial charge in [-0.2, -0.15) is 0 Å². The van der Waals surface area contributed by atoms with Crippen LogP contribution in [0.4, 0.5) is 0 Å². The third-order valence-electron chi connectivity index (χ3n) is 2.75. The van der Waals surface area contributed by atoms with Gasteiger partial charge in [-0.05, 0) is 12.3 Å². The first-order valence-corrected chi connectivity index (χ1v) is 3.67. The average Bonchev–Trinajstić information content (AvgIpc) is 2.46. The second-order valence-corrected chi connectivity index (χ2v) is 3.42. The minimum Gasteiger partial charge on any atom is -0.369 e. The van der Waals surface area contributed by atoms with Crippen molar-refractivity contribution in [2.75, 3.05) is 0 Å². The van der Waals surface area contributed by atoms with Gasteiger partial charge in [0.15, 0.2) is 0 Å². The van der Waals surface area contributed by atoms with Crippen molar-refractivity contribution in [1.29, 1.82) is 0 Å². The summed E-state index contributed by atoms with van der Waals surface area (Å²) in [6.07, 6.45) is 3.16. The maximum absolute atomic E-state index is 5.62. The van der Waals surface area contributed by atoms with E-state index in [1.54, 1.807) is 0 Å². The van der Waals surface area contributed by atoms with E-state index in [0.29, 0.717) is 24.4 Å². The lowest BCUT2D eigenvalue weighted by atomic mass is 9.91. The molecule has 3 aliphatic rings. The van der Waals surface area contributed by atoms with E-state index in [0.717, 1.165) is 5.92 Å². The summed E-state index contributed by atoms with van der Waals surface area (Å²) in [5.41, 5.74) is 0. The molecule has 0 N–H and O–H groups in total. The number of ether oxygens (including phenoxy) is 2. The molecular formula is C7H10O2. The molecule has 9 heavy (non-hydrogen) atoms. The van der Waals surface area contributed by atoms with Crippen LogP contribution in [-0.2, 0) is 9.47 Å². The van der Waals surface area contributed by atoms with Crippen LogP contribution < -0.4 is 0 Å². The van der Waals surface area contributed by atoms with Gasteiger partial charge in [0, 0.05) is 0 Å². The summed E-state index contributed by atoms with van der Waals surface area (Å²) in [6.45, 7) is 2.25. The first kappa shape index (κ1) is 4.69. The second kappa shape index (κ2) is 1.18. The van der Waals surface area contributed by atoms with Crippen LogP contribution in [0, 0.1) is 5.92 Å². The Morgan fingerprint density at radius 3 is 2.56 bits per heavy atom. The maximum Gasteiger partial charge on any atom is 0.113 e. The van der Waals surface area contributed by atoms with Crippen molar-refractivity contribution in [3.63, 3.8) is 0 Å². The van der Waals surface area contributed by atoms with Gasteiger partial charge in [0.1, 0.15) is 12.2 Å². The third kappa shape index (κ3) is 0.413. The van der Waals surface area contributed by atoms with Crippen LogP contribution in [0.5, 0.6) is 0 Å². The van der Waals surface area contributed by atoms with Gasteiger partial charge in [-0.15, -0.1) is 0 Å². The smallest absolute Gasteiger partial charge is 0.113 e. The van der Waals surface area contributed by atoms with Crippen molar-refractivity contribution >= 4 is 0 Å². The molecule has 3 aliphatic heterocycles. The van der Waals surface area contributed by atoms with E-state index >= 15 is 0 Å². The molecule has 2 nitrogen and oxygen atoms in total. The number of epoxide rings is 1. The Hall–Kier alpha value is -0.0800. The van der Waals surface area contributed by atoms with Crippen LogP contribution in [0.2, 0.25) is 0 Å². The fourth-order valence-electron chi connectivity index (χ4n) is 2.20. The topological polar surface area (TPSA) is 21.8 Å². The van der Waals surface area contributed by atoms with Gasteiger partial charge in [-0.25, -0.2) is 0 Å². The summed E-state index contributed by atoms with van der Waals surface area (Å²) < 4.78 is 11.0. The molecule has 0 saturated carbocycles. The van der Waals surface area contributed by atoms with Crippen LogP contribution in [0.1, 0.15) is 13.3 Å². The van der Waals surface area contributed by atoms with Crippen molar-refractivity contribution in [1.82, 2.24) is 0 Å². The molecule has 0 unspecified atom stereocenters. The lowest BCUT2D eigenvalue weighted by Gasteiger charge is -2.08. The van der Waals surface area contributed by atoms with E-state index < -0.39 is 0 Å². The Morgan fingerprint density at radius 1 is 1.11 bits per heavy atom. The van der Waals surface area contributed by atoms with Crippen LogP contribution in [0.25, 0.3) is 0 Å². The average molecular weight is 126 g/mol. The zero-order chi connectivity index (χ0) is 6.01. The fourth-order valence-corrected chi connectivity index (χ4v) is 2.20. The summed E-state index contributed by atoms with van der Waals surface area (Å²) in [5, 5.41) is 0. The number of hydrogen-bond donors (Lipinski definition) is 0. The normalized spacial score (nSPS) is 68.3. The van der Waals surface area contributed by atoms with Crippen LogP contribution in [-0.4, -0.2) is 24.4 Å². The van der Waals surface area contributed by atoms with Gasteiger partial charge in [0.25, 0.3) is 0 Å². The second-order valence-electron chi connectivity index (χ2n) is 3.42. The van der Waals surface area contributed by atoms with Gasteiger partial charge >= 0.3 is 0 Å². The highest BCUT2D eigenvalue weighted by molar-refractivity contribution is 5.10. The Bertz CT molecular complexity index is 153. The maximum atomic E-state index is 5.62. The minimum absolute atomic E-state index is 0.458. The molecule has 3 rings (SSSR count). The molecule has 2 heteroatoms. The van der Waals surface area contributed by atoms with Gasteiger partial charge in [0.2, 0.25) is 0 Å². The molecule has 5 atom stereocenters. The Balaban J connectivity index is 1.96. The Kier molecular flexibility index (Phi) is 0.616. The Labute approximate surface area is 54.1 Å². The highest BCUT2D eigenvalue weighted by Gasteiger charge is 2.63. The predicted molar refractivity (Wildman–Crippen MR) is 31.1 cm³/mol. The Morgan fingerprint density at radius 2 is 2.00 bits per heavy atom. The molecular weight excluding hydrogens is 116 g/mol. The van der Waals surface area contributed by atoms with Crippen molar-refractivity contribution in [2.45, 2.75) is 37.8 Å². The van der Waals surface area contributed by atoms with Gasteiger partial charge < -0.3 is 9.47 Å². The van der Waals surface area contributed by atoms with E-state index in [9.17, 15) is 0 Å². The number of hydrogen-bond acceptors (Lipinski definition) is 2. The summed E-state index contributed by atoms with van der Waals surface area (Å²) >= 11 is 0. The van der Waals surface area contributed by atoms with E-state index in [4.69, 9.17) is 9.47 Å². The highest BCUT2D eigenvalue weighted by Crippen LogP contribution is 2.50. The summed E-state index contributed by atoms with van der Waals surface area (Å²) in [6, 6.07) is 0. The lowest BCUT2D eigenvalue weighted by Crippen LogP contribution is -2.20. The van der Waals surface area contributed by atoms with Crippen LogP contribution in [0.15, 0.2) is 0 Å². The zero-order valence-corrected chi connectivity index (χ0v) is 5.41. The molecule has 3 fully saturated rings. The lowest BCUT2D eigenvalue weighted by molar-refractivity contribution is 0.0133. The fraction of sp³-hybridized carbons (Fsp3) is 1.00. The molecule has 0 amide bonds. The molecule has 0 radical (unpaired) electrons. The molecule has 0 aromatic carbocycles. The molecule has 2 bridgehead atoms. The number of rotatable bonds is 0. The highest BCUT2D eigenvalue weighted by atomic mass is 16.7. The third-order valence-corrected chi connectivity index (χ3v) is 2.75. The monoisotopic (exact) mass is 126 g/mol. The molecule has 50 valence electrons. The van der Waals surface area contributed by atoms with Crippen molar-refractivity contribution in [2.24, 2.45) is 5.92 Å². The minimum atomic E-state index is 0.458. The largest absolute Gasteiger partial charge is 0.369 e. The van der Waals surface area contributed by atoms with Crippen LogP contribution >= 0.6 is 0 Å². The molecule has 0 aromatic rings. The standard InChI is InChI=1S/C7H10O2/c1-3-2-4-6-7(9-6)5(3)8-4/h3-7H,2H2,1H3/t3-,4-,5-,6-,7-/m1/s1. The first-order chi connectivity index (χ1) is 4.36. The summed E-state index contributed by atoms with van der Waals surface area (Å²) in [5.74, 6) is 0.749. The van der Waals surface area contributed by atoms with Crippen molar-refractivity contribution < 1.29 is 9.47 Å².